The van der Waals surface area contributed by atoms with Crippen molar-refractivity contribution in [3.8, 4) is 5.75 Å². The Labute approximate surface area is 195 Å². The van der Waals surface area contributed by atoms with E-state index in [-0.39, 0.29) is 17.1 Å². The number of carbonyl (C=O) groups is 1. The molecule has 0 amide bonds. The zero-order chi connectivity index (χ0) is 23.1. The number of carboxylic acids is 1. The van der Waals surface area contributed by atoms with Crippen molar-refractivity contribution in [1.82, 2.24) is 4.90 Å². The Kier molecular flexibility index (Phi) is 6.14. The smallest absolute Gasteiger partial charge is 0.341 e. The van der Waals surface area contributed by atoms with Crippen molar-refractivity contribution in [2.45, 2.75) is 55.9 Å². The predicted octanol–water partition coefficient (Wildman–Crippen LogP) is 4.57. The Morgan fingerprint density at radius 1 is 1.33 bits per heavy atom. The van der Waals surface area contributed by atoms with Crippen LogP contribution in [0.3, 0.4) is 0 Å². The van der Waals surface area contributed by atoms with E-state index >= 15 is 0 Å². The number of anilines is 1. The van der Waals surface area contributed by atoms with Crippen LogP contribution in [0.4, 0.5) is 10.1 Å². The molecule has 0 radical (unpaired) electrons. The van der Waals surface area contributed by atoms with Crippen LogP contribution in [-0.2, 0) is 17.4 Å². The minimum Gasteiger partial charge on any atom is -0.492 e. The highest BCUT2D eigenvalue weighted by Crippen LogP contribution is 2.55. The van der Waals surface area contributed by atoms with Crippen LogP contribution in [0.15, 0.2) is 35.2 Å². The molecule has 2 aromatic rings. The lowest BCUT2D eigenvalue weighted by molar-refractivity contribution is 0.0692. The van der Waals surface area contributed by atoms with E-state index in [0.29, 0.717) is 47.1 Å². The molecule has 1 aliphatic carbocycles. The van der Waals surface area contributed by atoms with Gasteiger partial charge < -0.3 is 19.5 Å². The second-order valence-electron chi connectivity index (χ2n) is 9.21. The molecular formula is C25H29FN2O4S. The van der Waals surface area contributed by atoms with Gasteiger partial charge in [0.05, 0.1) is 17.2 Å². The highest BCUT2D eigenvalue weighted by Gasteiger charge is 2.45. The van der Waals surface area contributed by atoms with Gasteiger partial charge in [-0.25, -0.2) is 13.4 Å². The van der Waals surface area contributed by atoms with Crippen LogP contribution in [0, 0.1) is 11.7 Å². The zero-order valence-electron chi connectivity index (χ0n) is 18.7. The number of benzene rings is 2. The molecule has 176 valence electrons. The monoisotopic (exact) mass is 472 g/mol. The van der Waals surface area contributed by atoms with Crippen LogP contribution in [0.25, 0.3) is 0 Å². The molecule has 1 saturated carbocycles. The molecule has 0 spiro atoms. The van der Waals surface area contributed by atoms with Gasteiger partial charge in [0.1, 0.15) is 17.1 Å². The van der Waals surface area contributed by atoms with Crippen molar-refractivity contribution in [3.05, 3.63) is 52.8 Å². The maximum Gasteiger partial charge on any atom is 0.341 e. The number of halogens is 1. The van der Waals surface area contributed by atoms with Gasteiger partial charge in [-0.05, 0) is 86.5 Å². The lowest BCUT2D eigenvalue weighted by Gasteiger charge is -2.23. The number of likely N-dealkylation sites (tertiary alicyclic amines) is 1. The molecule has 5 rings (SSSR count). The van der Waals surface area contributed by atoms with E-state index in [2.05, 4.69) is 16.5 Å². The van der Waals surface area contributed by atoms with E-state index < -0.39 is 17.0 Å². The van der Waals surface area contributed by atoms with Crippen molar-refractivity contribution in [2.24, 2.45) is 5.92 Å². The van der Waals surface area contributed by atoms with E-state index in [0.717, 1.165) is 37.9 Å². The summed E-state index contributed by atoms with van der Waals surface area (Å²) in [5.74, 6) is -0.281. The maximum absolute atomic E-state index is 14.1. The van der Waals surface area contributed by atoms with Gasteiger partial charge in [0, 0.05) is 12.0 Å². The number of hydrogen-bond donors (Lipinski definition) is 2. The summed E-state index contributed by atoms with van der Waals surface area (Å²) in [7, 11) is -1.74. The standard InChI is InChI=1S/C25H29FN2O4S/c1-2-28-11-3-4-18(28)7-5-15-12-17(26)6-10-22(15)33(31)27-21-9-8-19-20-13-16(20)14-32-24(19)23(21)25(29)30/h6,8-10,12,16,18,20,27H,2-5,7,11,13-14H2,1H3,(H,29,30)/t16-,18+,20-,33?/m0/s1. The summed E-state index contributed by atoms with van der Waals surface area (Å²) < 4.78 is 36.0. The quantitative estimate of drug-likeness (QED) is 0.588. The second kappa shape index (κ2) is 9.06. The number of nitrogens with one attached hydrogen (secondary N) is 1. The van der Waals surface area contributed by atoms with Gasteiger partial charge in [0.15, 0.2) is 11.0 Å². The van der Waals surface area contributed by atoms with Crippen LogP contribution in [0.5, 0.6) is 5.75 Å². The van der Waals surface area contributed by atoms with Crippen molar-refractivity contribution in [1.29, 1.82) is 0 Å². The molecule has 2 N–H and O–H groups in total. The Morgan fingerprint density at radius 2 is 2.18 bits per heavy atom. The van der Waals surface area contributed by atoms with Crippen molar-refractivity contribution in [2.75, 3.05) is 24.4 Å². The Hall–Kier alpha value is -2.45. The highest BCUT2D eigenvalue weighted by molar-refractivity contribution is 7.86. The molecule has 1 saturated heterocycles. The summed E-state index contributed by atoms with van der Waals surface area (Å²) in [6, 6.07) is 8.27. The fourth-order valence-electron chi connectivity index (χ4n) is 5.39. The largest absolute Gasteiger partial charge is 0.492 e. The molecule has 3 aliphatic rings. The minimum atomic E-state index is -1.74. The molecule has 2 aromatic carbocycles. The topological polar surface area (TPSA) is 78.9 Å². The third-order valence-electron chi connectivity index (χ3n) is 7.24. The molecule has 8 heteroatoms. The summed E-state index contributed by atoms with van der Waals surface area (Å²) in [5.41, 5.74) is 1.87. The zero-order valence-corrected chi connectivity index (χ0v) is 19.5. The molecule has 2 fully saturated rings. The van der Waals surface area contributed by atoms with Crippen LogP contribution < -0.4 is 9.46 Å². The van der Waals surface area contributed by atoms with Gasteiger partial charge >= 0.3 is 5.97 Å². The fraction of sp³-hybridized carbons (Fsp3) is 0.480. The first-order valence-corrected chi connectivity index (χ1v) is 12.8. The number of rotatable bonds is 8. The summed E-state index contributed by atoms with van der Waals surface area (Å²) in [6.45, 7) is 4.75. The van der Waals surface area contributed by atoms with Gasteiger partial charge in [0.25, 0.3) is 0 Å². The average Bonchev–Trinajstić information content (AvgIpc) is 3.46. The van der Waals surface area contributed by atoms with Crippen LogP contribution in [0.1, 0.15) is 60.0 Å². The molecular weight excluding hydrogens is 443 g/mol. The summed E-state index contributed by atoms with van der Waals surface area (Å²) in [4.78, 5) is 15.0. The number of carboxylic acid groups (broad SMARTS) is 1. The number of aryl methyl sites for hydroxylation is 1. The van der Waals surface area contributed by atoms with E-state index in [4.69, 9.17) is 4.74 Å². The molecule has 0 bridgehead atoms. The first kappa shape index (κ1) is 22.3. The van der Waals surface area contributed by atoms with Gasteiger partial charge in [-0.15, -0.1) is 0 Å². The van der Waals surface area contributed by atoms with Crippen molar-refractivity contribution in [3.63, 3.8) is 0 Å². The average molecular weight is 473 g/mol. The van der Waals surface area contributed by atoms with Crippen molar-refractivity contribution < 1.29 is 23.2 Å². The van der Waals surface area contributed by atoms with Gasteiger partial charge in [-0.3, -0.25) is 0 Å². The summed E-state index contributed by atoms with van der Waals surface area (Å²) in [6.07, 6.45) is 4.79. The molecule has 6 nitrogen and oxygen atoms in total. The third-order valence-corrected chi connectivity index (χ3v) is 8.45. The second-order valence-corrected chi connectivity index (χ2v) is 10.4. The van der Waals surface area contributed by atoms with Crippen LogP contribution in [-0.4, -0.2) is 45.9 Å². The normalized spacial score (nSPS) is 24.5. The van der Waals surface area contributed by atoms with Crippen LogP contribution >= 0.6 is 0 Å². The van der Waals surface area contributed by atoms with E-state index in [1.54, 1.807) is 6.07 Å². The summed E-state index contributed by atoms with van der Waals surface area (Å²) >= 11 is 0. The van der Waals surface area contributed by atoms with E-state index in [9.17, 15) is 18.5 Å². The predicted molar refractivity (Wildman–Crippen MR) is 125 cm³/mol. The Balaban J connectivity index is 1.39. The highest BCUT2D eigenvalue weighted by atomic mass is 32.2. The fourth-order valence-corrected chi connectivity index (χ4v) is 6.46. The van der Waals surface area contributed by atoms with Crippen LogP contribution in [0.2, 0.25) is 0 Å². The van der Waals surface area contributed by atoms with Gasteiger partial charge in [-0.1, -0.05) is 13.0 Å². The first-order valence-electron chi connectivity index (χ1n) is 11.7. The molecule has 2 aliphatic heterocycles. The SMILES string of the molecule is CCN1CCC[C@@H]1CCc1cc(F)ccc1S(=O)Nc1ccc2c(c1C(=O)O)OC[C@@H]1C[C@H]21. The molecule has 33 heavy (non-hydrogen) atoms. The minimum absolute atomic E-state index is 0.0133. The number of hydrogen-bond acceptors (Lipinski definition) is 4. The number of fused-ring (bicyclic) bond motifs is 3. The van der Waals surface area contributed by atoms with Gasteiger partial charge in [-0.2, -0.15) is 0 Å². The van der Waals surface area contributed by atoms with E-state index in [1.165, 1.54) is 24.6 Å². The van der Waals surface area contributed by atoms with Gasteiger partial charge in [0.2, 0.25) is 0 Å². The number of aromatic carboxylic acids is 1. The molecule has 2 heterocycles. The maximum atomic E-state index is 14.1. The van der Waals surface area contributed by atoms with E-state index in [1.807, 2.05) is 6.07 Å². The number of nitrogens with zero attached hydrogens (tertiary/aromatic N) is 1. The Bertz CT molecular complexity index is 1110. The van der Waals surface area contributed by atoms with Crippen molar-refractivity contribution >= 4 is 22.6 Å². The first-order chi connectivity index (χ1) is 16.0. The molecule has 4 atom stereocenters. The Morgan fingerprint density at radius 3 is 2.97 bits per heavy atom. The third kappa shape index (κ3) is 4.38. The lowest BCUT2D eigenvalue weighted by Crippen LogP contribution is -2.29. The lowest BCUT2D eigenvalue weighted by atomic mass is 10.0. The molecule has 1 unspecified atom stereocenters. The molecule has 0 aromatic heterocycles. The summed E-state index contributed by atoms with van der Waals surface area (Å²) in [5, 5.41) is 9.88. The number of ether oxygens (including phenoxy) is 1.